The zero-order valence-electron chi connectivity index (χ0n) is 11.7. The molecule has 0 atom stereocenters. The number of fused-ring (bicyclic) bond motifs is 1. The van der Waals surface area contributed by atoms with Crippen LogP contribution in [0.3, 0.4) is 0 Å². The SMILES string of the molecule is CCNc1nc(Nc2cccc(F)c2C)c2[nH]cnc2n1. The van der Waals surface area contributed by atoms with E-state index in [1.165, 1.54) is 6.07 Å². The van der Waals surface area contributed by atoms with Crippen molar-refractivity contribution in [3.63, 3.8) is 0 Å². The molecule has 1 aromatic carbocycles. The third-order valence-corrected chi connectivity index (χ3v) is 3.14. The van der Waals surface area contributed by atoms with Crippen molar-refractivity contribution in [1.29, 1.82) is 0 Å². The van der Waals surface area contributed by atoms with Crippen LogP contribution < -0.4 is 10.6 Å². The van der Waals surface area contributed by atoms with Crippen molar-refractivity contribution < 1.29 is 4.39 Å². The van der Waals surface area contributed by atoms with E-state index in [9.17, 15) is 4.39 Å². The molecule has 0 fully saturated rings. The lowest BCUT2D eigenvalue weighted by molar-refractivity contribution is 0.619. The van der Waals surface area contributed by atoms with Gasteiger partial charge in [0, 0.05) is 17.8 Å². The summed E-state index contributed by atoms with van der Waals surface area (Å²) in [7, 11) is 0. The number of aromatic amines is 1. The summed E-state index contributed by atoms with van der Waals surface area (Å²) in [5, 5.41) is 6.19. The number of nitrogens with zero attached hydrogens (tertiary/aromatic N) is 3. The summed E-state index contributed by atoms with van der Waals surface area (Å²) in [6.45, 7) is 4.38. The van der Waals surface area contributed by atoms with Gasteiger partial charge in [-0.25, -0.2) is 9.37 Å². The second-order valence-corrected chi connectivity index (χ2v) is 4.56. The first kappa shape index (κ1) is 13.3. The molecule has 108 valence electrons. The molecule has 0 radical (unpaired) electrons. The van der Waals surface area contributed by atoms with E-state index in [0.29, 0.717) is 40.7 Å². The first-order valence-corrected chi connectivity index (χ1v) is 6.66. The Kier molecular flexibility index (Phi) is 3.39. The monoisotopic (exact) mass is 286 g/mol. The molecule has 0 unspecified atom stereocenters. The predicted octanol–water partition coefficient (Wildman–Crippen LogP) is 2.98. The number of benzene rings is 1. The van der Waals surface area contributed by atoms with Gasteiger partial charge in [-0.1, -0.05) is 6.07 Å². The average molecular weight is 286 g/mol. The highest BCUT2D eigenvalue weighted by molar-refractivity contribution is 5.86. The molecule has 0 aliphatic heterocycles. The normalized spacial score (nSPS) is 10.8. The van der Waals surface area contributed by atoms with E-state index in [1.807, 2.05) is 6.92 Å². The first-order chi connectivity index (χ1) is 10.2. The number of hydrogen-bond acceptors (Lipinski definition) is 5. The van der Waals surface area contributed by atoms with Crippen molar-refractivity contribution in [2.24, 2.45) is 0 Å². The fourth-order valence-electron chi connectivity index (χ4n) is 2.03. The molecule has 3 N–H and O–H groups in total. The van der Waals surface area contributed by atoms with Crippen LogP contribution in [0.2, 0.25) is 0 Å². The summed E-state index contributed by atoms with van der Waals surface area (Å²) in [6, 6.07) is 4.88. The maximum Gasteiger partial charge on any atom is 0.226 e. The predicted molar refractivity (Wildman–Crippen MR) is 80.3 cm³/mol. The third kappa shape index (κ3) is 2.49. The molecular weight excluding hydrogens is 271 g/mol. The Balaban J connectivity index is 2.06. The number of H-pyrrole nitrogens is 1. The minimum absolute atomic E-state index is 0.262. The van der Waals surface area contributed by atoms with Gasteiger partial charge in [0.25, 0.3) is 0 Å². The quantitative estimate of drug-likeness (QED) is 0.687. The zero-order chi connectivity index (χ0) is 14.8. The topological polar surface area (TPSA) is 78.5 Å². The Bertz CT molecular complexity index is 782. The van der Waals surface area contributed by atoms with E-state index in [2.05, 4.69) is 30.6 Å². The van der Waals surface area contributed by atoms with Gasteiger partial charge in [0.1, 0.15) is 11.3 Å². The number of aromatic nitrogens is 4. The number of nitrogens with one attached hydrogen (secondary N) is 3. The van der Waals surface area contributed by atoms with Crippen molar-refractivity contribution in [2.45, 2.75) is 13.8 Å². The maximum absolute atomic E-state index is 13.6. The summed E-state index contributed by atoms with van der Waals surface area (Å²) in [6.07, 6.45) is 1.55. The Hall–Kier alpha value is -2.70. The Morgan fingerprint density at radius 2 is 2.14 bits per heavy atom. The van der Waals surface area contributed by atoms with Gasteiger partial charge in [-0.15, -0.1) is 0 Å². The molecule has 7 heteroatoms. The summed E-state index contributed by atoms with van der Waals surface area (Å²) >= 11 is 0. The van der Waals surface area contributed by atoms with E-state index >= 15 is 0 Å². The van der Waals surface area contributed by atoms with Crippen LogP contribution in [0.1, 0.15) is 12.5 Å². The van der Waals surface area contributed by atoms with Crippen molar-refractivity contribution in [3.05, 3.63) is 35.9 Å². The molecule has 21 heavy (non-hydrogen) atoms. The van der Waals surface area contributed by atoms with Crippen LogP contribution in [-0.2, 0) is 0 Å². The second kappa shape index (κ2) is 5.35. The maximum atomic E-state index is 13.6. The number of halogens is 1. The molecule has 0 saturated heterocycles. The summed E-state index contributed by atoms with van der Waals surface area (Å²) in [5.41, 5.74) is 2.43. The van der Waals surface area contributed by atoms with Crippen LogP contribution >= 0.6 is 0 Å². The van der Waals surface area contributed by atoms with Gasteiger partial charge >= 0.3 is 0 Å². The molecule has 2 aromatic heterocycles. The Labute approximate surface area is 120 Å². The molecule has 2 heterocycles. The molecular formula is C14H15FN6. The van der Waals surface area contributed by atoms with Gasteiger partial charge < -0.3 is 15.6 Å². The molecule has 6 nitrogen and oxygen atoms in total. The van der Waals surface area contributed by atoms with E-state index in [0.717, 1.165) is 0 Å². The zero-order valence-corrected chi connectivity index (χ0v) is 11.7. The van der Waals surface area contributed by atoms with Crippen LogP contribution in [0, 0.1) is 12.7 Å². The largest absolute Gasteiger partial charge is 0.354 e. The molecule has 0 aliphatic rings. The van der Waals surface area contributed by atoms with E-state index < -0.39 is 0 Å². The van der Waals surface area contributed by atoms with Gasteiger partial charge in [-0.3, -0.25) is 0 Å². The molecule has 0 aliphatic carbocycles. The average Bonchev–Trinajstić information content (AvgIpc) is 2.93. The fourth-order valence-corrected chi connectivity index (χ4v) is 2.03. The van der Waals surface area contributed by atoms with Crippen LogP contribution in [0.4, 0.5) is 21.8 Å². The van der Waals surface area contributed by atoms with Crippen LogP contribution in [0.25, 0.3) is 11.2 Å². The Morgan fingerprint density at radius 3 is 2.95 bits per heavy atom. The first-order valence-electron chi connectivity index (χ1n) is 6.66. The van der Waals surface area contributed by atoms with Gasteiger partial charge in [0.2, 0.25) is 5.95 Å². The molecule has 0 amide bonds. The molecule has 0 bridgehead atoms. The van der Waals surface area contributed by atoms with Gasteiger partial charge in [-0.05, 0) is 26.0 Å². The van der Waals surface area contributed by atoms with Gasteiger partial charge in [-0.2, -0.15) is 9.97 Å². The van der Waals surface area contributed by atoms with E-state index in [-0.39, 0.29) is 5.82 Å². The van der Waals surface area contributed by atoms with Crippen molar-refractivity contribution in [1.82, 2.24) is 19.9 Å². The highest BCUT2D eigenvalue weighted by Crippen LogP contribution is 2.25. The van der Waals surface area contributed by atoms with Crippen LogP contribution in [0.15, 0.2) is 24.5 Å². The lowest BCUT2D eigenvalue weighted by Crippen LogP contribution is -2.05. The molecule has 0 spiro atoms. The summed E-state index contributed by atoms with van der Waals surface area (Å²) in [4.78, 5) is 15.8. The number of hydrogen-bond donors (Lipinski definition) is 3. The highest BCUT2D eigenvalue weighted by Gasteiger charge is 2.11. The third-order valence-electron chi connectivity index (χ3n) is 3.14. The number of rotatable bonds is 4. The number of anilines is 3. The highest BCUT2D eigenvalue weighted by atomic mass is 19.1. The number of imidazole rings is 1. The fraction of sp³-hybridized carbons (Fsp3) is 0.214. The van der Waals surface area contributed by atoms with Gasteiger partial charge in [0.15, 0.2) is 11.5 Å². The standard InChI is InChI=1S/C14H15FN6/c1-3-16-14-20-12-11(17-7-18-12)13(21-14)19-10-6-4-5-9(15)8(10)2/h4-7H,3H2,1-2H3,(H3,16,17,18,19,20,21). The second-order valence-electron chi connectivity index (χ2n) is 4.56. The lowest BCUT2D eigenvalue weighted by Gasteiger charge is -2.11. The minimum atomic E-state index is -0.262. The van der Waals surface area contributed by atoms with Crippen molar-refractivity contribution in [3.8, 4) is 0 Å². The summed E-state index contributed by atoms with van der Waals surface area (Å²) in [5.74, 6) is 0.776. The molecule has 0 saturated carbocycles. The van der Waals surface area contributed by atoms with Crippen molar-refractivity contribution in [2.75, 3.05) is 17.2 Å². The summed E-state index contributed by atoms with van der Waals surface area (Å²) < 4.78 is 13.6. The Morgan fingerprint density at radius 1 is 1.29 bits per heavy atom. The van der Waals surface area contributed by atoms with E-state index in [1.54, 1.807) is 25.4 Å². The van der Waals surface area contributed by atoms with Gasteiger partial charge in [0.05, 0.1) is 6.33 Å². The molecule has 3 rings (SSSR count). The van der Waals surface area contributed by atoms with E-state index in [4.69, 9.17) is 0 Å². The smallest absolute Gasteiger partial charge is 0.226 e. The lowest BCUT2D eigenvalue weighted by atomic mass is 10.2. The molecule has 3 aromatic rings. The minimum Gasteiger partial charge on any atom is -0.354 e. The van der Waals surface area contributed by atoms with Crippen LogP contribution in [0.5, 0.6) is 0 Å². The van der Waals surface area contributed by atoms with Crippen LogP contribution in [-0.4, -0.2) is 26.5 Å². The van der Waals surface area contributed by atoms with Crippen molar-refractivity contribution >= 4 is 28.6 Å².